The average Bonchev–Trinajstić information content (AvgIpc) is 2.96. The van der Waals surface area contributed by atoms with Crippen LogP contribution in [0.3, 0.4) is 0 Å². The second-order valence-electron chi connectivity index (χ2n) is 5.30. The highest BCUT2D eigenvalue weighted by Gasteiger charge is 2.23. The van der Waals surface area contributed by atoms with Crippen LogP contribution in [-0.2, 0) is 0 Å². The van der Waals surface area contributed by atoms with Gasteiger partial charge in [-0.3, -0.25) is 4.98 Å². The van der Waals surface area contributed by atoms with E-state index in [-0.39, 0.29) is 0 Å². The summed E-state index contributed by atoms with van der Waals surface area (Å²) in [5.74, 6) is 1.85. The molecule has 5 heteroatoms. The Morgan fingerprint density at radius 2 is 2.00 bits per heavy atom. The van der Waals surface area contributed by atoms with Crippen molar-refractivity contribution in [3.63, 3.8) is 0 Å². The van der Waals surface area contributed by atoms with Crippen LogP contribution in [0.4, 0.5) is 5.82 Å². The fraction of sp³-hybridized carbons (Fsp3) is 0.400. The van der Waals surface area contributed by atoms with Crippen LogP contribution in [-0.4, -0.2) is 15.0 Å². The van der Waals surface area contributed by atoms with Crippen LogP contribution in [0.15, 0.2) is 18.5 Å². The van der Waals surface area contributed by atoms with Crippen molar-refractivity contribution >= 4 is 28.4 Å². The summed E-state index contributed by atoms with van der Waals surface area (Å²) in [7, 11) is 0. The summed E-state index contributed by atoms with van der Waals surface area (Å²) in [6.45, 7) is 2.02. The van der Waals surface area contributed by atoms with Gasteiger partial charge in [0, 0.05) is 23.9 Å². The predicted octanol–water partition coefficient (Wildman–Crippen LogP) is 3.69. The van der Waals surface area contributed by atoms with E-state index in [9.17, 15) is 0 Å². The Balaban J connectivity index is 2.11. The van der Waals surface area contributed by atoms with Gasteiger partial charge in [-0.2, -0.15) is 0 Å². The number of nitrogen functional groups attached to an aromatic ring is 1. The Kier molecular flexibility index (Phi) is 3.87. The average molecular weight is 380 g/mol. The number of hydrogen-bond acceptors (Lipinski definition) is 4. The first-order valence-corrected chi connectivity index (χ1v) is 7.98. The van der Waals surface area contributed by atoms with Crippen LogP contribution in [0.25, 0.3) is 11.4 Å². The largest absolute Gasteiger partial charge is 0.383 e. The zero-order chi connectivity index (χ0) is 14.1. The number of nitrogens with two attached hydrogens (primary N) is 1. The van der Waals surface area contributed by atoms with Crippen molar-refractivity contribution < 1.29 is 0 Å². The molecule has 0 spiro atoms. The maximum absolute atomic E-state index is 6.10. The van der Waals surface area contributed by atoms with Crippen LogP contribution in [0.2, 0.25) is 0 Å². The Hall–Kier alpha value is -1.24. The van der Waals surface area contributed by atoms with Gasteiger partial charge in [0.15, 0.2) is 5.82 Å². The highest BCUT2D eigenvalue weighted by molar-refractivity contribution is 14.1. The molecule has 2 aromatic rings. The maximum Gasteiger partial charge on any atom is 0.162 e. The van der Waals surface area contributed by atoms with E-state index in [1.807, 2.05) is 19.2 Å². The number of aromatic nitrogens is 3. The van der Waals surface area contributed by atoms with E-state index in [1.54, 1.807) is 6.20 Å². The second-order valence-corrected chi connectivity index (χ2v) is 6.38. The van der Waals surface area contributed by atoms with Gasteiger partial charge in [-0.05, 0) is 54.0 Å². The summed E-state index contributed by atoms with van der Waals surface area (Å²) in [6, 6.07) is 1.95. The summed E-state index contributed by atoms with van der Waals surface area (Å²) in [5, 5.41) is 0. The molecule has 2 N–H and O–H groups in total. The third-order valence-corrected chi connectivity index (χ3v) is 5.01. The van der Waals surface area contributed by atoms with E-state index >= 15 is 0 Å². The maximum atomic E-state index is 6.10. The summed E-state index contributed by atoms with van der Waals surface area (Å²) in [4.78, 5) is 13.4. The molecule has 0 aromatic carbocycles. The number of hydrogen-bond donors (Lipinski definition) is 1. The fourth-order valence-corrected chi connectivity index (χ4v) is 3.48. The predicted molar refractivity (Wildman–Crippen MR) is 88.3 cm³/mol. The van der Waals surface area contributed by atoms with Crippen LogP contribution in [0.1, 0.15) is 42.9 Å². The zero-order valence-electron chi connectivity index (χ0n) is 11.4. The normalized spacial score (nSPS) is 15.7. The first-order chi connectivity index (χ1) is 9.66. The van der Waals surface area contributed by atoms with Gasteiger partial charge in [-0.25, -0.2) is 9.97 Å². The molecule has 0 amide bonds. The lowest BCUT2D eigenvalue weighted by molar-refractivity contribution is 0.691. The molecule has 20 heavy (non-hydrogen) atoms. The van der Waals surface area contributed by atoms with E-state index in [0.717, 1.165) is 26.2 Å². The molecule has 0 saturated heterocycles. The highest BCUT2D eigenvalue weighted by atomic mass is 127. The number of rotatable bonds is 2. The first kappa shape index (κ1) is 13.7. The van der Waals surface area contributed by atoms with E-state index in [0.29, 0.717) is 11.7 Å². The molecule has 0 aliphatic heterocycles. The number of halogens is 1. The van der Waals surface area contributed by atoms with Crippen molar-refractivity contribution in [2.75, 3.05) is 5.73 Å². The molecule has 2 aromatic heterocycles. The zero-order valence-corrected chi connectivity index (χ0v) is 13.6. The minimum atomic E-state index is 0.535. The van der Waals surface area contributed by atoms with Gasteiger partial charge in [-0.1, -0.05) is 12.8 Å². The molecule has 2 heterocycles. The van der Waals surface area contributed by atoms with Gasteiger partial charge in [-0.15, -0.1) is 0 Å². The molecule has 0 radical (unpaired) electrons. The molecule has 1 aliphatic carbocycles. The lowest BCUT2D eigenvalue weighted by atomic mass is 10.0. The van der Waals surface area contributed by atoms with E-state index in [4.69, 9.17) is 10.7 Å². The molecular weight excluding hydrogens is 363 g/mol. The summed E-state index contributed by atoms with van der Waals surface area (Å²) in [5.41, 5.74) is 9.32. The van der Waals surface area contributed by atoms with E-state index in [2.05, 4.69) is 32.6 Å². The number of nitrogens with zero attached hydrogens (tertiary/aromatic N) is 3. The van der Waals surface area contributed by atoms with Gasteiger partial charge in [0.1, 0.15) is 5.82 Å². The molecule has 104 valence electrons. The Morgan fingerprint density at radius 3 is 2.70 bits per heavy atom. The molecule has 0 bridgehead atoms. The van der Waals surface area contributed by atoms with Crippen molar-refractivity contribution in [3.05, 3.63) is 33.3 Å². The SMILES string of the molecule is Cc1cnccc1-c1nc(N)c(I)c(C2CCCC2)n1. The Labute approximate surface area is 132 Å². The van der Waals surface area contributed by atoms with Crippen molar-refractivity contribution in [2.24, 2.45) is 0 Å². The first-order valence-electron chi connectivity index (χ1n) is 6.90. The number of aryl methyl sites for hydroxylation is 1. The third-order valence-electron chi connectivity index (χ3n) is 3.91. The van der Waals surface area contributed by atoms with Crippen molar-refractivity contribution in [3.8, 4) is 11.4 Å². The molecule has 0 atom stereocenters. The molecule has 4 nitrogen and oxygen atoms in total. The van der Waals surface area contributed by atoms with Crippen LogP contribution >= 0.6 is 22.6 Å². The Bertz CT molecular complexity index is 636. The topological polar surface area (TPSA) is 64.7 Å². The van der Waals surface area contributed by atoms with Gasteiger partial charge in [0.2, 0.25) is 0 Å². The molecule has 1 fully saturated rings. The lowest BCUT2D eigenvalue weighted by Gasteiger charge is -2.14. The number of anilines is 1. The van der Waals surface area contributed by atoms with Crippen LogP contribution in [0, 0.1) is 10.5 Å². The van der Waals surface area contributed by atoms with Gasteiger partial charge < -0.3 is 5.73 Å². The van der Waals surface area contributed by atoms with Crippen molar-refractivity contribution in [1.82, 2.24) is 15.0 Å². The Morgan fingerprint density at radius 1 is 1.25 bits per heavy atom. The van der Waals surface area contributed by atoms with Crippen LogP contribution in [0.5, 0.6) is 0 Å². The van der Waals surface area contributed by atoms with Crippen LogP contribution < -0.4 is 5.73 Å². The standard InChI is InChI=1S/C15H17IN4/c1-9-8-18-7-6-11(9)15-19-13(10-4-2-3-5-10)12(16)14(17)20-15/h6-8,10H,2-5H2,1H3,(H2,17,19,20). The molecular formula is C15H17IN4. The van der Waals surface area contributed by atoms with Crippen molar-refractivity contribution in [2.45, 2.75) is 38.5 Å². The smallest absolute Gasteiger partial charge is 0.162 e. The van der Waals surface area contributed by atoms with E-state index in [1.165, 1.54) is 25.7 Å². The van der Waals surface area contributed by atoms with Gasteiger partial charge >= 0.3 is 0 Å². The summed E-state index contributed by atoms with van der Waals surface area (Å²) >= 11 is 2.28. The molecule has 1 aliphatic rings. The van der Waals surface area contributed by atoms with Gasteiger partial charge in [0.05, 0.1) is 9.26 Å². The second kappa shape index (κ2) is 5.63. The quantitative estimate of drug-likeness (QED) is 0.808. The molecule has 0 unspecified atom stereocenters. The van der Waals surface area contributed by atoms with E-state index < -0.39 is 0 Å². The minimum Gasteiger partial charge on any atom is -0.383 e. The minimum absolute atomic E-state index is 0.535. The monoisotopic (exact) mass is 380 g/mol. The number of pyridine rings is 1. The summed E-state index contributed by atoms with van der Waals surface area (Å²) < 4.78 is 1.02. The van der Waals surface area contributed by atoms with Gasteiger partial charge in [0.25, 0.3) is 0 Å². The fourth-order valence-electron chi connectivity index (χ4n) is 2.80. The third kappa shape index (κ3) is 2.51. The highest BCUT2D eigenvalue weighted by Crippen LogP contribution is 2.37. The summed E-state index contributed by atoms with van der Waals surface area (Å²) in [6.07, 6.45) is 8.60. The molecule has 3 rings (SSSR count). The lowest BCUT2D eigenvalue weighted by Crippen LogP contribution is -2.08. The van der Waals surface area contributed by atoms with Crippen molar-refractivity contribution in [1.29, 1.82) is 0 Å². The molecule has 1 saturated carbocycles.